The van der Waals surface area contributed by atoms with Gasteiger partial charge in [-0.2, -0.15) is 0 Å². The molecule has 0 spiro atoms. The van der Waals surface area contributed by atoms with Gasteiger partial charge in [0.2, 0.25) is 0 Å². The Hall–Kier alpha value is -8.48. The largest absolute Gasteiger partial charge is 0.530 e. The van der Waals surface area contributed by atoms with Crippen molar-refractivity contribution in [1.29, 1.82) is 0 Å². The highest BCUT2D eigenvalue weighted by molar-refractivity contribution is 7.44. The molecule has 0 bridgehead atoms. The Balaban J connectivity index is 1.45. The van der Waals surface area contributed by atoms with Gasteiger partial charge in [0.15, 0.2) is 0 Å². The number of benzene rings is 10. The minimum absolute atomic E-state index is 0.222. The number of hydrogen-bond donors (Lipinski definition) is 0. The van der Waals surface area contributed by atoms with Crippen molar-refractivity contribution in [3.63, 3.8) is 0 Å². The molecule has 0 fully saturated rings. The van der Waals surface area contributed by atoms with Gasteiger partial charge >= 0.3 is 34.4 Å². The van der Waals surface area contributed by atoms with Crippen molar-refractivity contribution in [2.24, 2.45) is 0 Å². The lowest BCUT2D eigenvalue weighted by molar-refractivity contribution is 0.366. The van der Waals surface area contributed by atoms with E-state index in [1.54, 1.807) is 0 Å². The monoisotopic (exact) mass is 1980 g/mol. The maximum Gasteiger partial charge on any atom is 0.530 e. The van der Waals surface area contributed by atoms with Gasteiger partial charge in [0, 0.05) is 44.5 Å². The Labute approximate surface area is 853 Å². The molecule has 140 heavy (non-hydrogen) atoms. The molecule has 0 amide bonds. The van der Waals surface area contributed by atoms with E-state index in [-0.39, 0.29) is 66.3 Å². The van der Waals surface area contributed by atoms with Crippen LogP contribution in [-0.4, -0.2) is 0 Å². The third kappa shape index (κ3) is 29.0. The molecule has 0 radical (unpaired) electrons. The Kier molecular flexibility index (Phi) is 33.1. The quantitative estimate of drug-likeness (QED) is 0.0508. The summed E-state index contributed by atoms with van der Waals surface area (Å²) in [6, 6.07) is 63.6. The first-order valence-corrected chi connectivity index (χ1v) is 54.7. The Morgan fingerprint density at radius 2 is 0.221 bits per heavy atom. The molecule has 0 heterocycles. The average Bonchev–Trinajstić information content (AvgIpc) is 0.754. The highest BCUT2D eigenvalue weighted by Crippen LogP contribution is 2.62. The zero-order valence-electron chi connectivity index (χ0n) is 95.0. The van der Waals surface area contributed by atoms with Crippen LogP contribution in [0.4, 0.5) is 0 Å². The van der Waals surface area contributed by atoms with Gasteiger partial charge in [-0.05, 0) is 204 Å². The lowest BCUT2D eigenvalue weighted by Crippen LogP contribution is -2.19. The molecule has 0 aliphatic heterocycles. The van der Waals surface area contributed by atoms with Crippen LogP contribution in [0.1, 0.15) is 421 Å². The van der Waals surface area contributed by atoms with Crippen LogP contribution in [0.2, 0.25) is 0 Å². The molecule has 10 rings (SSSR count). The van der Waals surface area contributed by atoms with Gasteiger partial charge in [-0.1, -0.05) is 442 Å². The molecule has 0 unspecified atom stereocenters. The predicted octanol–water partition coefficient (Wildman–Crippen LogP) is 39.2. The third-order valence-electron chi connectivity index (χ3n) is 25.5. The highest BCUT2D eigenvalue weighted by Gasteiger charge is 2.42. The normalized spacial score (nSPS) is 13.5. The summed E-state index contributed by atoms with van der Waals surface area (Å²) in [5.41, 5.74) is 12.0. The molecule has 0 N–H and O–H groups in total. The van der Waals surface area contributed by atoms with Crippen LogP contribution in [0.15, 0.2) is 182 Å². The zero-order valence-corrected chi connectivity index (χ0v) is 98.6. The molecular formula is C124H174O12P4. The summed E-state index contributed by atoms with van der Waals surface area (Å²) >= 11 is 0. The fourth-order valence-electron chi connectivity index (χ4n) is 16.3. The minimum Gasteiger partial charge on any atom is -0.408 e. The summed E-state index contributed by atoms with van der Waals surface area (Å²) in [5.74, 6) is 5.55. The van der Waals surface area contributed by atoms with Gasteiger partial charge < -0.3 is 54.3 Å². The lowest BCUT2D eigenvalue weighted by Gasteiger charge is -2.31. The second kappa shape index (κ2) is 40.8. The van der Waals surface area contributed by atoms with Crippen LogP contribution in [-0.2, 0) is 86.6 Å². The summed E-state index contributed by atoms with van der Waals surface area (Å²) in [5, 5.41) is 0. The van der Waals surface area contributed by atoms with Crippen LogP contribution in [0.5, 0.6) is 69.0 Å². The summed E-state index contributed by atoms with van der Waals surface area (Å²) < 4.78 is 94.6. The average molecular weight is 1980 g/mol. The van der Waals surface area contributed by atoms with Crippen LogP contribution in [0.3, 0.4) is 0 Å². The Bertz CT molecular complexity index is 4980. The van der Waals surface area contributed by atoms with Crippen molar-refractivity contribution in [2.45, 2.75) is 419 Å². The fraction of sp³-hybridized carbons (Fsp3) is 0.516. The lowest BCUT2D eigenvalue weighted by atomic mass is 9.80. The number of hydrogen-bond acceptors (Lipinski definition) is 12. The maximum atomic E-state index is 8.12. The van der Waals surface area contributed by atoms with E-state index in [1.165, 1.54) is 0 Å². The van der Waals surface area contributed by atoms with E-state index in [0.29, 0.717) is 57.1 Å². The van der Waals surface area contributed by atoms with Crippen molar-refractivity contribution in [3.8, 4) is 80.1 Å². The molecule has 10 aromatic carbocycles. The zero-order chi connectivity index (χ0) is 105. The summed E-state index contributed by atoms with van der Waals surface area (Å²) in [4.78, 5) is 0. The first kappa shape index (κ1) is 113. The molecule has 0 aliphatic carbocycles. The standard InChI is InChI=1S/C124H174O12P4/c1-109(2,3)79-55-63-95(87(71-79)117(25,26)27)125-137(126-96-64-56-80(110(4,5)6)72-88(96)118(28,29)30)133-103-51-49-52-104(134-138(127-97-65-57-81(111(7,8)9)73-89(97)119(31,32)33)128-98-66-58-82(112(10,11)12)74-90(98)120(34,35)36)107(103)108-105(135-139(129-99-67-59-83(113(13,14)15)75-91(99)121(37,38)39)130-100-68-60-84(114(16,17)18)76-92(100)122(40,41)42)53-50-54-106(108)136-140(131-101-69-61-85(115(19,20)21)77-93(101)123(43,44)45)132-102-70-62-86(116(22,23)24)78-94(102)124(46,47)48/h49-78H,1-48H3. The molecule has 0 saturated carbocycles. The van der Waals surface area contributed by atoms with Crippen molar-refractivity contribution >= 4 is 34.4 Å². The molecule has 0 atom stereocenters. The molecule has 16 heteroatoms. The third-order valence-corrected chi connectivity index (χ3v) is 29.7. The van der Waals surface area contributed by atoms with Gasteiger partial charge in [0.05, 0.1) is 11.1 Å². The second-order valence-electron chi connectivity index (χ2n) is 54.9. The Morgan fingerprint density at radius 1 is 0.121 bits per heavy atom. The van der Waals surface area contributed by atoms with Gasteiger partial charge in [-0.25, -0.2) is 0 Å². The van der Waals surface area contributed by atoms with Crippen molar-refractivity contribution in [3.05, 3.63) is 271 Å². The van der Waals surface area contributed by atoms with Crippen LogP contribution < -0.4 is 54.3 Å². The van der Waals surface area contributed by atoms with E-state index in [2.05, 4.69) is 478 Å². The van der Waals surface area contributed by atoms with Gasteiger partial charge in [0.1, 0.15) is 69.0 Å². The van der Waals surface area contributed by atoms with Crippen LogP contribution >= 0.6 is 34.4 Å². The molecule has 0 aliphatic rings. The SMILES string of the molecule is CC(C)(C)c1ccc(OP(Oc2ccc(C(C)(C)C)cc2C(C)(C)C)Oc2cccc(OP(Oc3ccc(C(C)(C)C)cc3C(C)(C)C)Oc3ccc(C(C)(C)C)cc3C(C)(C)C)c2-c2c(OP(Oc3ccc(C(C)(C)C)cc3C(C)(C)C)Oc3ccc(C(C)(C)C)cc3C(C)(C)C)cccc2OP(Oc2ccc(C(C)(C)C)cc2C(C)(C)C)Oc2ccc(C(C)(C)C)cc2C(C)(C)C)c(C(C)(C)C)c1. The van der Waals surface area contributed by atoms with Gasteiger partial charge in [0.25, 0.3) is 0 Å². The Morgan fingerprint density at radius 3 is 0.314 bits per heavy atom. The second-order valence-corrected chi connectivity index (χ2v) is 58.9. The molecule has 10 aromatic rings. The summed E-state index contributed by atoms with van der Waals surface area (Å²) in [6.07, 6.45) is 0. The van der Waals surface area contributed by atoms with E-state index in [0.717, 1.165) is 89.0 Å². The summed E-state index contributed by atoms with van der Waals surface area (Å²) in [6.45, 7) is 107. The van der Waals surface area contributed by atoms with Gasteiger partial charge in [-0.3, -0.25) is 0 Å². The first-order chi connectivity index (χ1) is 63.4. The molecular weight excluding hydrogens is 1810 g/mol. The highest BCUT2D eigenvalue weighted by atomic mass is 31.2. The summed E-state index contributed by atoms with van der Waals surface area (Å²) in [7, 11) is -10.6. The van der Waals surface area contributed by atoms with E-state index < -0.39 is 77.7 Å². The van der Waals surface area contributed by atoms with E-state index in [1.807, 2.05) is 36.4 Å². The predicted molar refractivity (Wildman–Crippen MR) is 598 cm³/mol. The minimum atomic E-state index is -2.65. The molecule has 762 valence electrons. The molecule has 12 nitrogen and oxygen atoms in total. The molecule has 0 aromatic heterocycles. The molecule has 0 saturated heterocycles. The van der Waals surface area contributed by atoms with Crippen LogP contribution in [0.25, 0.3) is 11.1 Å². The van der Waals surface area contributed by atoms with E-state index in [9.17, 15) is 0 Å². The number of rotatable bonds is 25. The van der Waals surface area contributed by atoms with Crippen LogP contribution in [0, 0.1) is 0 Å². The topological polar surface area (TPSA) is 111 Å². The van der Waals surface area contributed by atoms with E-state index >= 15 is 0 Å². The first-order valence-electron chi connectivity index (χ1n) is 50.3. The maximum absolute atomic E-state index is 8.12. The fourth-order valence-corrected chi connectivity index (χ4v) is 20.6. The smallest absolute Gasteiger partial charge is 0.408 e. The van der Waals surface area contributed by atoms with Crippen molar-refractivity contribution < 1.29 is 54.3 Å². The van der Waals surface area contributed by atoms with E-state index in [4.69, 9.17) is 54.3 Å². The van der Waals surface area contributed by atoms with Crippen molar-refractivity contribution in [2.75, 3.05) is 0 Å². The van der Waals surface area contributed by atoms with Crippen molar-refractivity contribution in [1.82, 2.24) is 0 Å². The van der Waals surface area contributed by atoms with Gasteiger partial charge in [-0.15, -0.1) is 0 Å².